The number of methoxy groups -OCH3 is 1. The highest BCUT2D eigenvalue weighted by Gasteiger charge is 2.24. The van der Waals surface area contributed by atoms with E-state index in [0.29, 0.717) is 12.1 Å². The van der Waals surface area contributed by atoms with E-state index < -0.39 is 11.9 Å². The standard InChI is InChI=1S/C13H19NO.C2H2O4/c1-15-13-10-6-5-9-12(13)14-11-7-3-2-4-8-11;3-1(4)2(5)6/h2-4,7-8,12-14H,5-6,9-10H2,1H3;(H,3,4)(H,5,6). The summed E-state index contributed by atoms with van der Waals surface area (Å²) in [6, 6.07) is 10.9. The predicted molar refractivity (Wildman–Crippen MR) is 78.4 cm³/mol. The van der Waals surface area contributed by atoms with E-state index in [1.807, 2.05) is 13.2 Å². The van der Waals surface area contributed by atoms with Crippen LogP contribution in [0.15, 0.2) is 30.3 Å². The van der Waals surface area contributed by atoms with Gasteiger partial charge < -0.3 is 20.3 Å². The van der Waals surface area contributed by atoms with Crippen LogP contribution in [-0.4, -0.2) is 41.4 Å². The van der Waals surface area contributed by atoms with Crippen molar-refractivity contribution in [2.75, 3.05) is 12.4 Å². The maximum Gasteiger partial charge on any atom is 0.414 e. The smallest absolute Gasteiger partial charge is 0.414 e. The van der Waals surface area contributed by atoms with E-state index in [1.54, 1.807) is 0 Å². The first-order valence-electron chi connectivity index (χ1n) is 6.85. The van der Waals surface area contributed by atoms with Crippen molar-refractivity contribution in [3.05, 3.63) is 30.3 Å². The number of ether oxygens (including phenoxy) is 1. The summed E-state index contributed by atoms with van der Waals surface area (Å²) in [5.41, 5.74) is 1.20. The highest BCUT2D eigenvalue weighted by molar-refractivity contribution is 6.27. The van der Waals surface area contributed by atoms with Crippen molar-refractivity contribution in [2.24, 2.45) is 0 Å². The number of anilines is 1. The van der Waals surface area contributed by atoms with Gasteiger partial charge in [-0.1, -0.05) is 31.0 Å². The van der Waals surface area contributed by atoms with Crippen LogP contribution in [0.1, 0.15) is 25.7 Å². The average molecular weight is 295 g/mol. The van der Waals surface area contributed by atoms with E-state index >= 15 is 0 Å². The number of aliphatic carboxylic acids is 2. The first kappa shape index (κ1) is 17.0. The van der Waals surface area contributed by atoms with E-state index in [-0.39, 0.29) is 0 Å². The van der Waals surface area contributed by atoms with Gasteiger partial charge in [-0.15, -0.1) is 0 Å². The molecule has 0 amide bonds. The molecule has 3 N–H and O–H groups in total. The molecular weight excluding hydrogens is 274 g/mol. The van der Waals surface area contributed by atoms with E-state index in [4.69, 9.17) is 24.5 Å². The molecule has 6 heteroatoms. The lowest BCUT2D eigenvalue weighted by Crippen LogP contribution is -2.37. The van der Waals surface area contributed by atoms with Crippen LogP contribution in [-0.2, 0) is 14.3 Å². The van der Waals surface area contributed by atoms with Crippen LogP contribution < -0.4 is 5.32 Å². The fourth-order valence-corrected chi connectivity index (χ4v) is 2.29. The summed E-state index contributed by atoms with van der Waals surface area (Å²) in [7, 11) is 1.82. The van der Waals surface area contributed by atoms with Gasteiger partial charge in [-0.05, 0) is 25.0 Å². The van der Waals surface area contributed by atoms with Crippen molar-refractivity contribution in [3.63, 3.8) is 0 Å². The minimum atomic E-state index is -1.82. The second kappa shape index (κ2) is 8.97. The van der Waals surface area contributed by atoms with Crippen LogP contribution in [0.25, 0.3) is 0 Å². The third kappa shape index (κ3) is 6.27. The molecule has 1 fully saturated rings. The van der Waals surface area contributed by atoms with Crippen molar-refractivity contribution >= 4 is 17.6 Å². The summed E-state index contributed by atoms with van der Waals surface area (Å²) < 4.78 is 5.51. The summed E-state index contributed by atoms with van der Waals surface area (Å²) in [6.07, 6.45) is 5.38. The molecule has 1 aliphatic carbocycles. The Morgan fingerprint density at radius 2 is 1.67 bits per heavy atom. The van der Waals surface area contributed by atoms with Gasteiger partial charge in [0.15, 0.2) is 0 Å². The third-order valence-electron chi connectivity index (χ3n) is 3.31. The number of hydrogen-bond donors (Lipinski definition) is 3. The van der Waals surface area contributed by atoms with Crippen LogP contribution in [0.3, 0.4) is 0 Å². The van der Waals surface area contributed by atoms with Crippen molar-refractivity contribution in [1.29, 1.82) is 0 Å². The fraction of sp³-hybridized carbons (Fsp3) is 0.467. The van der Waals surface area contributed by atoms with Gasteiger partial charge in [-0.3, -0.25) is 0 Å². The second-order valence-corrected chi connectivity index (χ2v) is 4.79. The van der Waals surface area contributed by atoms with E-state index in [2.05, 4.69) is 29.6 Å². The zero-order chi connectivity index (χ0) is 15.7. The zero-order valence-electron chi connectivity index (χ0n) is 12.0. The summed E-state index contributed by atoms with van der Waals surface area (Å²) >= 11 is 0. The maximum atomic E-state index is 9.10. The largest absolute Gasteiger partial charge is 0.473 e. The molecule has 21 heavy (non-hydrogen) atoms. The number of carbonyl (C=O) groups is 2. The number of rotatable bonds is 3. The molecule has 2 atom stereocenters. The number of para-hydroxylation sites is 1. The number of benzene rings is 1. The first-order valence-corrected chi connectivity index (χ1v) is 6.85. The quantitative estimate of drug-likeness (QED) is 0.740. The minimum absolute atomic E-state index is 0.374. The van der Waals surface area contributed by atoms with Crippen molar-refractivity contribution in [1.82, 2.24) is 0 Å². The Morgan fingerprint density at radius 3 is 2.19 bits per heavy atom. The van der Waals surface area contributed by atoms with Crippen molar-refractivity contribution < 1.29 is 24.5 Å². The number of carboxylic acid groups (broad SMARTS) is 2. The van der Waals surface area contributed by atoms with Crippen molar-refractivity contribution in [2.45, 2.75) is 37.8 Å². The number of hydrogen-bond acceptors (Lipinski definition) is 4. The van der Waals surface area contributed by atoms with E-state index in [1.165, 1.54) is 31.4 Å². The van der Waals surface area contributed by atoms with E-state index in [0.717, 1.165) is 0 Å². The molecule has 6 nitrogen and oxygen atoms in total. The Bertz CT molecular complexity index is 437. The molecule has 1 aromatic carbocycles. The lowest BCUT2D eigenvalue weighted by molar-refractivity contribution is -0.159. The Hall–Kier alpha value is -2.08. The molecule has 0 saturated heterocycles. The van der Waals surface area contributed by atoms with Crippen LogP contribution in [0.5, 0.6) is 0 Å². The second-order valence-electron chi connectivity index (χ2n) is 4.79. The summed E-state index contributed by atoms with van der Waals surface area (Å²) in [5.74, 6) is -3.65. The topological polar surface area (TPSA) is 95.9 Å². The Labute approximate surface area is 123 Å². The predicted octanol–water partition coefficient (Wildman–Crippen LogP) is 2.21. The lowest BCUT2D eigenvalue weighted by Gasteiger charge is -2.31. The molecular formula is C15H21NO5. The number of carboxylic acids is 2. The molecule has 0 radical (unpaired) electrons. The molecule has 2 rings (SSSR count). The molecule has 1 aromatic rings. The molecule has 0 spiro atoms. The monoisotopic (exact) mass is 295 g/mol. The highest BCUT2D eigenvalue weighted by atomic mass is 16.5. The highest BCUT2D eigenvalue weighted by Crippen LogP contribution is 2.23. The van der Waals surface area contributed by atoms with Crippen LogP contribution in [0.4, 0.5) is 5.69 Å². The SMILES string of the molecule is COC1CCCCC1Nc1ccccc1.O=C(O)C(=O)O. The van der Waals surface area contributed by atoms with Gasteiger partial charge in [0.25, 0.3) is 0 Å². The zero-order valence-corrected chi connectivity index (χ0v) is 12.0. The van der Waals surface area contributed by atoms with Crippen molar-refractivity contribution in [3.8, 4) is 0 Å². The fourth-order valence-electron chi connectivity index (χ4n) is 2.29. The lowest BCUT2D eigenvalue weighted by atomic mass is 9.92. The van der Waals surface area contributed by atoms with Gasteiger partial charge >= 0.3 is 11.9 Å². The van der Waals surface area contributed by atoms with Gasteiger partial charge in [0.2, 0.25) is 0 Å². The normalized spacial score (nSPS) is 20.8. The molecule has 2 unspecified atom stereocenters. The minimum Gasteiger partial charge on any atom is -0.473 e. The Kier molecular flexibility index (Phi) is 7.25. The molecule has 0 bridgehead atoms. The molecule has 1 aliphatic rings. The molecule has 116 valence electrons. The van der Waals surface area contributed by atoms with Crippen LogP contribution in [0, 0.1) is 0 Å². The van der Waals surface area contributed by atoms with Gasteiger partial charge in [0.1, 0.15) is 0 Å². The Balaban J connectivity index is 0.000000315. The van der Waals surface area contributed by atoms with Gasteiger partial charge in [0.05, 0.1) is 12.1 Å². The van der Waals surface area contributed by atoms with Gasteiger partial charge in [0, 0.05) is 12.8 Å². The molecule has 0 aromatic heterocycles. The summed E-state index contributed by atoms with van der Waals surface area (Å²) in [6.45, 7) is 0. The van der Waals surface area contributed by atoms with E-state index in [9.17, 15) is 0 Å². The molecule has 0 aliphatic heterocycles. The third-order valence-corrected chi connectivity index (χ3v) is 3.31. The Morgan fingerprint density at radius 1 is 1.10 bits per heavy atom. The van der Waals surface area contributed by atoms with Gasteiger partial charge in [-0.25, -0.2) is 9.59 Å². The summed E-state index contributed by atoms with van der Waals surface area (Å²) in [5, 5.41) is 18.3. The molecule has 0 heterocycles. The maximum absolute atomic E-state index is 9.10. The molecule has 1 saturated carbocycles. The van der Waals surface area contributed by atoms with Crippen LogP contribution in [0.2, 0.25) is 0 Å². The average Bonchev–Trinajstić information content (AvgIpc) is 2.49. The first-order chi connectivity index (χ1) is 10.0. The number of nitrogens with one attached hydrogen (secondary N) is 1. The van der Waals surface area contributed by atoms with Crippen LogP contribution >= 0.6 is 0 Å². The van der Waals surface area contributed by atoms with Gasteiger partial charge in [-0.2, -0.15) is 0 Å². The summed E-state index contributed by atoms with van der Waals surface area (Å²) in [4.78, 5) is 18.2.